The van der Waals surface area contributed by atoms with Gasteiger partial charge < -0.3 is 5.32 Å². The second-order valence-electron chi connectivity index (χ2n) is 5.49. The summed E-state index contributed by atoms with van der Waals surface area (Å²) < 4.78 is 1.04. The Balaban J connectivity index is 1.56. The quantitative estimate of drug-likeness (QED) is 0.468. The maximum Gasteiger partial charge on any atom is 0.351 e. The molecule has 0 aliphatic rings. The van der Waals surface area contributed by atoms with Crippen LogP contribution in [0.2, 0.25) is 0 Å². The van der Waals surface area contributed by atoms with Gasteiger partial charge in [0.15, 0.2) is 0 Å². The van der Waals surface area contributed by atoms with E-state index in [1.165, 1.54) is 0 Å². The lowest BCUT2D eigenvalue weighted by Crippen LogP contribution is -2.28. The van der Waals surface area contributed by atoms with Gasteiger partial charge in [-0.1, -0.05) is 18.2 Å². The van der Waals surface area contributed by atoms with E-state index in [0.717, 1.165) is 21.6 Å². The summed E-state index contributed by atoms with van der Waals surface area (Å²) in [6.07, 6.45) is 0. The summed E-state index contributed by atoms with van der Waals surface area (Å²) in [7, 11) is 1.83. The van der Waals surface area contributed by atoms with E-state index in [1.807, 2.05) is 55.6 Å². The van der Waals surface area contributed by atoms with Gasteiger partial charge in [0.2, 0.25) is 11.9 Å². The maximum atomic E-state index is 11.9. The number of anilines is 4. The van der Waals surface area contributed by atoms with Crippen molar-refractivity contribution in [3.63, 3.8) is 0 Å². The van der Waals surface area contributed by atoms with Crippen LogP contribution in [0.3, 0.4) is 0 Å². The third kappa shape index (κ3) is 3.47. The first-order chi connectivity index (χ1) is 12.7. The molecule has 0 atom stereocenters. The molecule has 8 nitrogen and oxygen atoms in total. The monoisotopic (exact) mass is 365 g/mol. The molecule has 0 amide bonds. The van der Waals surface area contributed by atoms with Crippen LogP contribution in [0.4, 0.5) is 23.3 Å². The summed E-state index contributed by atoms with van der Waals surface area (Å²) >= 11 is 1.55. The van der Waals surface area contributed by atoms with Gasteiger partial charge in [0, 0.05) is 12.7 Å². The van der Waals surface area contributed by atoms with E-state index in [1.54, 1.807) is 21.9 Å². The standard InChI is InChI=1S/C17H15N7OS/c1-24(12-5-3-2-4-6-12)23-16-20-15(21-17(25)22-16)19-11-7-8-13-14(9-11)26-10-18-13/h2-10H,1H3,(H3,19,20,21,22,23,25). The number of H-pyrrole nitrogens is 1. The number of benzene rings is 2. The van der Waals surface area contributed by atoms with Crippen LogP contribution in [0.1, 0.15) is 0 Å². The fourth-order valence-electron chi connectivity index (χ4n) is 2.43. The molecule has 26 heavy (non-hydrogen) atoms. The third-order valence-corrected chi connectivity index (χ3v) is 4.45. The van der Waals surface area contributed by atoms with E-state index in [0.29, 0.717) is 0 Å². The first-order valence-electron chi connectivity index (χ1n) is 7.81. The van der Waals surface area contributed by atoms with Crippen molar-refractivity contribution < 1.29 is 0 Å². The lowest BCUT2D eigenvalue weighted by Gasteiger charge is -2.20. The molecule has 9 heteroatoms. The molecule has 0 radical (unpaired) electrons. The highest BCUT2D eigenvalue weighted by molar-refractivity contribution is 7.16. The molecule has 0 spiro atoms. The highest BCUT2D eigenvalue weighted by Gasteiger charge is 2.07. The van der Waals surface area contributed by atoms with Crippen molar-refractivity contribution in [2.45, 2.75) is 0 Å². The maximum absolute atomic E-state index is 11.9. The molecular weight excluding hydrogens is 350 g/mol. The number of para-hydroxylation sites is 1. The van der Waals surface area contributed by atoms with Gasteiger partial charge in [-0.3, -0.25) is 15.4 Å². The van der Waals surface area contributed by atoms with Gasteiger partial charge in [-0.25, -0.2) is 9.78 Å². The second kappa shape index (κ2) is 6.81. The largest absolute Gasteiger partial charge is 0.351 e. The van der Waals surface area contributed by atoms with Crippen LogP contribution in [-0.4, -0.2) is 27.0 Å². The van der Waals surface area contributed by atoms with Gasteiger partial charge in [0.1, 0.15) is 0 Å². The Morgan fingerprint density at radius 3 is 2.81 bits per heavy atom. The smallest absolute Gasteiger partial charge is 0.324 e. The average Bonchev–Trinajstić information content (AvgIpc) is 3.09. The molecule has 0 bridgehead atoms. The summed E-state index contributed by atoms with van der Waals surface area (Å²) in [6.45, 7) is 0. The number of hydrazine groups is 1. The van der Waals surface area contributed by atoms with Crippen molar-refractivity contribution in [2.24, 2.45) is 0 Å². The molecule has 4 rings (SSSR count). The van der Waals surface area contributed by atoms with E-state index in [2.05, 4.69) is 30.7 Å². The van der Waals surface area contributed by atoms with Crippen molar-refractivity contribution >= 4 is 44.8 Å². The molecule has 4 aromatic rings. The van der Waals surface area contributed by atoms with Gasteiger partial charge in [-0.05, 0) is 30.3 Å². The van der Waals surface area contributed by atoms with E-state index < -0.39 is 5.69 Å². The molecular formula is C17H15N7OS. The van der Waals surface area contributed by atoms with Gasteiger partial charge in [-0.2, -0.15) is 9.97 Å². The topological polar surface area (TPSA) is 98.8 Å². The number of fused-ring (bicyclic) bond motifs is 1. The zero-order valence-corrected chi connectivity index (χ0v) is 14.6. The molecule has 0 fully saturated rings. The van der Waals surface area contributed by atoms with Crippen LogP contribution in [-0.2, 0) is 0 Å². The number of aromatic amines is 1. The van der Waals surface area contributed by atoms with Crippen molar-refractivity contribution in [3.8, 4) is 0 Å². The third-order valence-electron chi connectivity index (χ3n) is 3.65. The highest BCUT2D eigenvalue weighted by Crippen LogP contribution is 2.23. The molecule has 2 aromatic carbocycles. The summed E-state index contributed by atoms with van der Waals surface area (Å²) in [5.41, 5.74) is 6.97. The Kier molecular flexibility index (Phi) is 4.20. The Bertz CT molecular complexity index is 1090. The molecule has 2 heterocycles. The molecule has 2 aromatic heterocycles. The van der Waals surface area contributed by atoms with Gasteiger partial charge in [0.25, 0.3) is 0 Å². The minimum atomic E-state index is -0.495. The number of nitrogens with zero attached hydrogens (tertiary/aromatic N) is 4. The molecule has 0 saturated heterocycles. The summed E-state index contributed by atoms with van der Waals surface area (Å²) in [4.78, 5) is 26.9. The molecule has 130 valence electrons. The van der Waals surface area contributed by atoms with Gasteiger partial charge >= 0.3 is 5.69 Å². The van der Waals surface area contributed by atoms with Crippen molar-refractivity contribution in [2.75, 3.05) is 22.8 Å². The number of nitrogens with one attached hydrogen (secondary N) is 3. The van der Waals surface area contributed by atoms with Gasteiger partial charge in [-0.15, -0.1) is 11.3 Å². The number of hydrogen-bond acceptors (Lipinski definition) is 8. The first-order valence-corrected chi connectivity index (χ1v) is 8.69. The lowest BCUT2D eigenvalue weighted by atomic mass is 10.3. The lowest BCUT2D eigenvalue weighted by molar-refractivity contribution is 0.955. The summed E-state index contributed by atoms with van der Waals surface area (Å²) in [5.74, 6) is 0.499. The number of hydrogen-bond donors (Lipinski definition) is 3. The number of rotatable bonds is 5. The van der Waals surface area contributed by atoms with Crippen LogP contribution in [0.15, 0.2) is 58.8 Å². The first kappa shape index (κ1) is 16.0. The zero-order valence-electron chi connectivity index (χ0n) is 13.8. The van der Waals surface area contributed by atoms with Crippen LogP contribution >= 0.6 is 11.3 Å². The van der Waals surface area contributed by atoms with E-state index >= 15 is 0 Å². The van der Waals surface area contributed by atoms with E-state index in [4.69, 9.17) is 0 Å². The zero-order chi connectivity index (χ0) is 17.9. The molecule has 0 saturated carbocycles. The minimum absolute atomic E-state index is 0.210. The normalized spacial score (nSPS) is 10.7. The Morgan fingerprint density at radius 1 is 1.12 bits per heavy atom. The van der Waals surface area contributed by atoms with Crippen molar-refractivity contribution in [1.82, 2.24) is 19.9 Å². The van der Waals surface area contributed by atoms with Crippen LogP contribution < -0.4 is 21.4 Å². The van der Waals surface area contributed by atoms with Gasteiger partial charge in [0.05, 0.1) is 21.4 Å². The molecule has 3 N–H and O–H groups in total. The molecule has 0 unspecified atom stereocenters. The van der Waals surface area contributed by atoms with Crippen molar-refractivity contribution in [3.05, 3.63) is 64.5 Å². The average molecular weight is 365 g/mol. The fourth-order valence-corrected chi connectivity index (χ4v) is 3.15. The molecule has 0 aliphatic carbocycles. The van der Waals surface area contributed by atoms with Crippen LogP contribution in [0.25, 0.3) is 10.2 Å². The van der Waals surface area contributed by atoms with E-state index in [-0.39, 0.29) is 11.9 Å². The number of thiazole rings is 1. The van der Waals surface area contributed by atoms with Crippen LogP contribution in [0, 0.1) is 0 Å². The van der Waals surface area contributed by atoms with E-state index in [9.17, 15) is 4.79 Å². The minimum Gasteiger partial charge on any atom is -0.324 e. The Labute approximate surface area is 152 Å². The summed E-state index contributed by atoms with van der Waals surface area (Å²) in [6, 6.07) is 15.4. The number of aromatic nitrogens is 4. The molecule has 0 aliphatic heterocycles. The second-order valence-corrected chi connectivity index (χ2v) is 6.38. The Morgan fingerprint density at radius 2 is 1.96 bits per heavy atom. The summed E-state index contributed by atoms with van der Waals surface area (Å²) in [5, 5.41) is 4.81. The van der Waals surface area contributed by atoms with Crippen molar-refractivity contribution in [1.29, 1.82) is 0 Å². The fraction of sp³-hybridized carbons (Fsp3) is 0.0588. The predicted octanol–water partition coefficient (Wildman–Crippen LogP) is 2.98. The predicted molar refractivity (Wildman–Crippen MR) is 104 cm³/mol. The van der Waals surface area contributed by atoms with Crippen LogP contribution in [0.5, 0.6) is 0 Å². The highest BCUT2D eigenvalue weighted by atomic mass is 32.1. The Hall–Kier alpha value is -3.46. The SMILES string of the molecule is CN(Nc1nc(Nc2ccc3ncsc3c2)nc(=O)[nH]1)c1ccccc1.